The van der Waals surface area contributed by atoms with Crippen LogP contribution in [0.4, 0.5) is 14.9 Å². The lowest BCUT2D eigenvalue weighted by atomic mass is 10.2. The number of carbonyl (C=O) groups excluding carboxylic acids is 3. The van der Waals surface area contributed by atoms with Crippen LogP contribution in [0.5, 0.6) is 5.75 Å². The highest BCUT2D eigenvalue weighted by molar-refractivity contribution is 8.18. The number of benzene rings is 2. The molecule has 0 atom stereocenters. The Kier molecular flexibility index (Phi) is 6.01. The van der Waals surface area contributed by atoms with E-state index in [4.69, 9.17) is 16.3 Å². The van der Waals surface area contributed by atoms with Crippen molar-refractivity contribution in [2.45, 2.75) is 0 Å². The molecule has 0 bridgehead atoms. The van der Waals surface area contributed by atoms with Gasteiger partial charge >= 0.3 is 0 Å². The molecule has 1 heterocycles. The van der Waals surface area contributed by atoms with Crippen molar-refractivity contribution in [3.63, 3.8) is 0 Å². The number of nitrogens with zero attached hydrogens (tertiary/aromatic N) is 1. The van der Waals surface area contributed by atoms with Gasteiger partial charge in [0.15, 0.2) is 0 Å². The molecule has 0 aliphatic carbocycles. The van der Waals surface area contributed by atoms with Crippen molar-refractivity contribution in [2.75, 3.05) is 19.0 Å². The van der Waals surface area contributed by atoms with Crippen LogP contribution in [0, 0.1) is 5.82 Å². The van der Waals surface area contributed by atoms with Gasteiger partial charge in [-0.1, -0.05) is 17.7 Å². The lowest BCUT2D eigenvalue weighted by molar-refractivity contribution is -0.127. The van der Waals surface area contributed by atoms with E-state index in [-0.39, 0.29) is 15.5 Å². The first-order valence-electron chi connectivity index (χ1n) is 8.02. The van der Waals surface area contributed by atoms with Crippen LogP contribution in [-0.2, 0) is 9.59 Å². The van der Waals surface area contributed by atoms with Gasteiger partial charge in [0.05, 0.1) is 17.0 Å². The molecule has 1 N–H and O–H groups in total. The molecule has 144 valence electrons. The topological polar surface area (TPSA) is 75.7 Å². The van der Waals surface area contributed by atoms with Gasteiger partial charge in [0.1, 0.15) is 18.1 Å². The number of carbonyl (C=O) groups is 3. The van der Waals surface area contributed by atoms with Gasteiger partial charge in [0.2, 0.25) is 5.91 Å². The van der Waals surface area contributed by atoms with Crippen LogP contribution in [0.25, 0.3) is 6.08 Å². The average molecular weight is 421 g/mol. The van der Waals surface area contributed by atoms with Crippen LogP contribution < -0.4 is 10.1 Å². The smallest absolute Gasteiger partial charge is 0.294 e. The van der Waals surface area contributed by atoms with Gasteiger partial charge in [0, 0.05) is 11.3 Å². The molecule has 2 aromatic carbocycles. The summed E-state index contributed by atoms with van der Waals surface area (Å²) in [4.78, 5) is 37.6. The minimum atomic E-state index is -0.681. The summed E-state index contributed by atoms with van der Waals surface area (Å²) < 4.78 is 18.9. The average Bonchev–Trinajstić information content (AvgIpc) is 2.93. The first-order chi connectivity index (χ1) is 13.4. The molecule has 9 heteroatoms. The number of nitrogens with one attached hydrogen (secondary N) is 1. The zero-order valence-electron chi connectivity index (χ0n) is 14.6. The summed E-state index contributed by atoms with van der Waals surface area (Å²) in [5, 5.41) is 2.09. The van der Waals surface area contributed by atoms with E-state index in [0.717, 1.165) is 4.90 Å². The van der Waals surface area contributed by atoms with Crippen molar-refractivity contribution in [1.82, 2.24) is 4.90 Å². The molecule has 0 unspecified atom stereocenters. The number of halogens is 2. The third-order valence-electron chi connectivity index (χ3n) is 3.82. The molecule has 0 saturated carbocycles. The second-order valence-corrected chi connectivity index (χ2v) is 7.08. The molecular weight excluding hydrogens is 407 g/mol. The van der Waals surface area contributed by atoms with Crippen LogP contribution in [0.1, 0.15) is 5.56 Å². The Morgan fingerprint density at radius 1 is 1.25 bits per heavy atom. The number of hydrogen-bond acceptors (Lipinski definition) is 5. The highest BCUT2D eigenvalue weighted by Crippen LogP contribution is 2.34. The summed E-state index contributed by atoms with van der Waals surface area (Å²) in [6, 6.07) is 10.7. The molecule has 1 fully saturated rings. The van der Waals surface area contributed by atoms with Crippen LogP contribution in [0.15, 0.2) is 47.4 Å². The molecule has 3 rings (SSSR count). The molecule has 6 nitrogen and oxygen atoms in total. The van der Waals surface area contributed by atoms with Gasteiger partial charge in [-0.15, -0.1) is 0 Å². The summed E-state index contributed by atoms with van der Waals surface area (Å²) in [5.74, 6) is -1.21. The Bertz CT molecular complexity index is 958. The maximum Gasteiger partial charge on any atom is 0.294 e. The third kappa shape index (κ3) is 4.35. The van der Waals surface area contributed by atoms with Crippen molar-refractivity contribution < 1.29 is 23.5 Å². The Balaban J connectivity index is 1.71. The molecule has 1 aliphatic rings. The van der Waals surface area contributed by atoms with Crippen LogP contribution in [0.3, 0.4) is 0 Å². The SMILES string of the molecule is COc1ccc(NC(=O)CN2C(=O)S/C(=C\c3c(F)cccc3Cl)C2=O)cc1. The number of hydrogen-bond donors (Lipinski definition) is 1. The maximum atomic E-state index is 13.9. The van der Waals surface area contributed by atoms with Crippen molar-refractivity contribution in [2.24, 2.45) is 0 Å². The largest absolute Gasteiger partial charge is 0.497 e. The van der Waals surface area contributed by atoms with E-state index < -0.39 is 29.4 Å². The van der Waals surface area contributed by atoms with Gasteiger partial charge in [0.25, 0.3) is 11.1 Å². The van der Waals surface area contributed by atoms with Crippen LogP contribution >= 0.6 is 23.4 Å². The third-order valence-corrected chi connectivity index (χ3v) is 5.06. The maximum absolute atomic E-state index is 13.9. The van der Waals surface area contributed by atoms with Gasteiger partial charge < -0.3 is 10.1 Å². The van der Waals surface area contributed by atoms with Gasteiger partial charge in [-0.05, 0) is 54.2 Å². The summed E-state index contributed by atoms with van der Waals surface area (Å²) in [6.45, 7) is -0.459. The van der Waals surface area contributed by atoms with Crippen molar-refractivity contribution in [3.05, 3.63) is 63.8 Å². The number of methoxy groups -OCH3 is 1. The standard InChI is InChI=1S/C19H14ClFN2O4S/c1-27-12-7-5-11(6-8-12)22-17(24)10-23-18(25)16(28-19(23)26)9-13-14(20)3-2-4-15(13)21/h2-9H,10H2,1H3,(H,22,24)/b16-9-. The number of ether oxygens (including phenoxy) is 1. The summed E-state index contributed by atoms with van der Waals surface area (Å²) in [6.07, 6.45) is 1.21. The molecule has 1 aliphatic heterocycles. The molecule has 0 spiro atoms. The molecule has 28 heavy (non-hydrogen) atoms. The fourth-order valence-corrected chi connectivity index (χ4v) is 3.47. The van der Waals surface area contributed by atoms with E-state index >= 15 is 0 Å². The Hall–Kier alpha value is -2.84. The van der Waals surface area contributed by atoms with Gasteiger partial charge in [-0.25, -0.2) is 4.39 Å². The minimum Gasteiger partial charge on any atom is -0.497 e. The lowest BCUT2D eigenvalue weighted by Gasteiger charge is -2.12. The lowest BCUT2D eigenvalue weighted by Crippen LogP contribution is -2.36. The van der Waals surface area contributed by atoms with Crippen molar-refractivity contribution >= 4 is 52.2 Å². The first kappa shape index (κ1) is 19.9. The van der Waals surface area contributed by atoms with Gasteiger partial charge in [-0.2, -0.15) is 0 Å². The fourth-order valence-electron chi connectivity index (χ4n) is 2.43. The Morgan fingerprint density at radius 3 is 2.61 bits per heavy atom. The van der Waals surface area contributed by atoms with Crippen molar-refractivity contribution in [1.29, 1.82) is 0 Å². The molecular formula is C19H14ClFN2O4S. The zero-order chi connectivity index (χ0) is 20.3. The second-order valence-electron chi connectivity index (χ2n) is 5.68. The highest BCUT2D eigenvalue weighted by Gasteiger charge is 2.36. The van der Waals surface area contributed by atoms with E-state index in [9.17, 15) is 18.8 Å². The monoisotopic (exact) mass is 420 g/mol. The van der Waals surface area contributed by atoms with Crippen LogP contribution in [0.2, 0.25) is 5.02 Å². The second kappa shape index (κ2) is 8.45. The quantitative estimate of drug-likeness (QED) is 0.735. The molecule has 3 amide bonds. The number of imide groups is 1. The summed E-state index contributed by atoms with van der Waals surface area (Å²) >= 11 is 6.57. The molecule has 1 saturated heterocycles. The van der Waals surface area contributed by atoms with E-state index in [1.165, 1.54) is 31.4 Å². The molecule has 0 aromatic heterocycles. The van der Waals surface area contributed by atoms with Gasteiger partial charge in [-0.3, -0.25) is 19.3 Å². The fraction of sp³-hybridized carbons (Fsp3) is 0.105. The van der Waals surface area contributed by atoms with E-state index in [2.05, 4.69) is 5.32 Å². The predicted octanol–water partition coefficient (Wildman–Crippen LogP) is 4.16. The highest BCUT2D eigenvalue weighted by atomic mass is 35.5. The Morgan fingerprint density at radius 2 is 1.96 bits per heavy atom. The van der Waals surface area contributed by atoms with Crippen LogP contribution in [-0.4, -0.2) is 35.6 Å². The first-order valence-corrected chi connectivity index (χ1v) is 9.22. The number of anilines is 1. The normalized spacial score (nSPS) is 15.2. The minimum absolute atomic E-state index is 0.00533. The predicted molar refractivity (Wildman–Crippen MR) is 106 cm³/mol. The summed E-state index contributed by atoms with van der Waals surface area (Å²) in [5.41, 5.74) is 0.504. The van der Waals surface area contributed by atoms with E-state index in [1.807, 2.05) is 0 Å². The molecule has 2 aromatic rings. The number of thioether (sulfide) groups is 1. The van der Waals surface area contributed by atoms with E-state index in [1.54, 1.807) is 24.3 Å². The Labute approximate surface area is 169 Å². The number of rotatable bonds is 5. The van der Waals surface area contributed by atoms with E-state index in [0.29, 0.717) is 23.2 Å². The number of amides is 3. The van der Waals surface area contributed by atoms with Crippen molar-refractivity contribution in [3.8, 4) is 5.75 Å². The molecule has 0 radical (unpaired) electrons. The zero-order valence-corrected chi connectivity index (χ0v) is 16.1. The summed E-state index contributed by atoms with van der Waals surface area (Å²) in [7, 11) is 1.52.